The van der Waals surface area contributed by atoms with Crippen molar-refractivity contribution in [1.82, 2.24) is 0 Å². The Morgan fingerprint density at radius 2 is 1.65 bits per heavy atom. The van der Waals surface area contributed by atoms with Crippen molar-refractivity contribution in [3.63, 3.8) is 0 Å². The maximum absolute atomic E-state index is 9.22. The zero-order valence-electron chi connectivity index (χ0n) is 11.4. The molecule has 2 heteroatoms. The Morgan fingerprint density at radius 3 is 2.06 bits per heavy atom. The second-order valence-electron chi connectivity index (χ2n) is 5.49. The Bertz CT molecular complexity index is 379. The van der Waals surface area contributed by atoms with E-state index in [-0.39, 0.29) is 11.3 Å². The lowest BCUT2D eigenvalue weighted by Gasteiger charge is -2.34. The third kappa shape index (κ3) is 2.87. The van der Waals surface area contributed by atoms with Crippen LogP contribution in [-0.2, 0) is 0 Å². The fourth-order valence-corrected chi connectivity index (χ4v) is 2.37. The first kappa shape index (κ1) is 13.8. The third-order valence-electron chi connectivity index (χ3n) is 3.70. The maximum atomic E-state index is 9.22. The van der Waals surface area contributed by atoms with Gasteiger partial charge in [0.1, 0.15) is 0 Å². The van der Waals surface area contributed by atoms with Gasteiger partial charge in [-0.25, -0.2) is 0 Å². The molecule has 0 aromatic heterocycles. The van der Waals surface area contributed by atoms with Crippen LogP contribution in [0.2, 0.25) is 0 Å². The molecule has 0 amide bonds. The van der Waals surface area contributed by atoms with Gasteiger partial charge in [-0.1, -0.05) is 70.1 Å². The first-order chi connectivity index (χ1) is 7.91. The first-order valence-corrected chi connectivity index (χ1v) is 6.18. The fraction of sp³-hybridized carbons (Fsp3) is 0.533. The molecule has 0 radical (unpaired) electrons. The lowest BCUT2D eigenvalue weighted by molar-refractivity contribution is 0.296. The van der Waals surface area contributed by atoms with E-state index in [2.05, 4.69) is 51.9 Å². The number of rotatable bonds is 4. The predicted octanol–water partition coefficient (Wildman–Crippen LogP) is 4.30. The number of oxime groups is 1. The Labute approximate surface area is 104 Å². The smallest absolute Gasteiger partial charge is 0.0658 e. The lowest BCUT2D eigenvalue weighted by Crippen LogP contribution is -2.33. The van der Waals surface area contributed by atoms with Gasteiger partial charge >= 0.3 is 0 Å². The standard InChI is InChI=1S/C15H23NO/c1-11(2)14(16-17)15(4,5)12(3)13-9-7-6-8-10-13/h6-12,17H,1-5H3/b16-14+. The summed E-state index contributed by atoms with van der Waals surface area (Å²) in [6.07, 6.45) is 0. The zero-order chi connectivity index (χ0) is 13.1. The molecule has 1 aromatic rings. The molecule has 0 saturated heterocycles. The Hall–Kier alpha value is -1.31. The van der Waals surface area contributed by atoms with Crippen molar-refractivity contribution in [2.24, 2.45) is 16.5 Å². The number of hydrogen-bond donors (Lipinski definition) is 1. The van der Waals surface area contributed by atoms with Crippen LogP contribution in [0.4, 0.5) is 0 Å². The minimum Gasteiger partial charge on any atom is -0.411 e. The topological polar surface area (TPSA) is 32.6 Å². The minimum atomic E-state index is -0.149. The van der Waals surface area contributed by atoms with Crippen LogP contribution < -0.4 is 0 Å². The fourth-order valence-electron chi connectivity index (χ4n) is 2.37. The summed E-state index contributed by atoms with van der Waals surface area (Å²) in [5.41, 5.74) is 1.98. The number of nitrogens with zero attached hydrogens (tertiary/aromatic N) is 1. The number of hydrogen-bond acceptors (Lipinski definition) is 2. The predicted molar refractivity (Wildman–Crippen MR) is 72.7 cm³/mol. The van der Waals surface area contributed by atoms with Crippen molar-refractivity contribution in [1.29, 1.82) is 0 Å². The van der Waals surface area contributed by atoms with E-state index in [9.17, 15) is 5.21 Å². The van der Waals surface area contributed by atoms with E-state index in [1.807, 2.05) is 18.2 Å². The minimum absolute atomic E-state index is 0.149. The van der Waals surface area contributed by atoms with Crippen LogP contribution in [0.3, 0.4) is 0 Å². The molecule has 1 atom stereocenters. The van der Waals surface area contributed by atoms with Crippen LogP contribution in [0.15, 0.2) is 35.5 Å². The largest absolute Gasteiger partial charge is 0.411 e. The monoisotopic (exact) mass is 233 g/mol. The van der Waals surface area contributed by atoms with Gasteiger partial charge in [-0.05, 0) is 17.4 Å². The van der Waals surface area contributed by atoms with Gasteiger partial charge in [0.25, 0.3) is 0 Å². The molecule has 2 nitrogen and oxygen atoms in total. The van der Waals surface area contributed by atoms with Gasteiger partial charge in [0.2, 0.25) is 0 Å². The third-order valence-corrected chi connectivity index (χ3v) is 3.70. The second-order valence-corrected chi connectivity index (χ2v) is 5.49. The first-order valence-electron chi connectivity index (χ1n) is 6.18. The quantitative estimate of drug-likeness (QED) is 0.469. The molecule has 1 N–H and O–H groups in total. The van der Waals surface area contributed by atoms with Crippen LogP contribution in [0.1, 0.15) is 46.1 Å². The normalized spacial score (nSPS) is 15.1. The molecule has 0 heterocycles. The van der Waals surface area contributed by atoms with Gasteiger partial charge in [0, 0.05) is 5.41 Å². The average molecular weight is 233 g/mol. The van der Waals surface area contributed by atoms with Gasteiger partial charge in [-0.2, -0.15) is 0 Å². The molecule has 0 aliphatic heterocycles. The van der Waals surface area contributed by atoms with E-state index in [4.69, 9.17) is 0 Å². The molecule has 94 valence electrons. The van der Waals surface area contributed by atoms with Crippen molar-refractivity contribution >= 4 is 5.71 Å². The molecule has 0 fully saturated rings. The van der Waals surface area contributed by atoms with E-state index in [1.165, 1.54) is 5.56 Å². The molecule has 0 bridgehead atoms. The van der Waals surface area contributed by atoms with Crippen LogP contribution in [0.5, 0.6) is 0 Å². The van der Waals surface area contributed by atoms with Gasteiger partial charge in [-0.15, -0.1) is 0 Å². The summed E-state index contributed by atoms with van der Waals surface area (Å²) < 4.78 is 0. The molecular weight excluding hydrogens is 210 g/mol. The maximum Gasteiger partial charge on any atom is 0.0658 e. The molecule has 1 unspecified atom stereocenters. The molecule has 0 aliphatic carbocycles. The average Bonchev–Trinajstić information content (AvgIpc) is 2.29. The van der Waals surface area contributed by atoms with E-state index >= 15 is 0 Å². The Morgan fingerprint density at radius 1 is 1.12 bits per heavy atom. The number of benzene rings is 1. The summed E-state index contributed by atoms with van der Waals surface area (Å²) >= 11 is 0. The highest BCUT2D eigenvalue weighted by atomic mass is 16.4. The van der Waals surface area contributed by atoms with E-state index in [0.717, 1.165) is 5.71 Å². The molecule has 1 aromatic carbocycles. The van der Waals surface area contributed by atoms with Gasteiger partial charge < -0.3 is 5.21 Å². The molecule has 0 saturated carbocycles. The van der Waals surface area contributed by atoms with Crippen LogP contribution >= 0.6 is 0 Å². The molecule has 0 spiro atoms. The van der Waals surface area contributed by atoms with E-state index < -0.39 is 0 Å². The SMILES string of the molecule is CC(C)/C(=N\O)C(C)(C)C(C)c1ccccc1. The second kappa shape index (κ2) is 5.35. The highest BCUT2D eigenvalue weighted by molar-refractivity contribution is 5.91. The van der Waals surface area contributed by atoms with Crippen LogP contribution in [0, 0.1) is 11.3 Å². The highest BCUT2D eigenvalue weighted by Crippen LogP contribution is 2.38. The highest BCUT2D eigenvalue weighted by Gasteiger charge is 2.34. The zero-order valence-corrected chi connectivity index (χ0v) is 11.4. The van der Waals surface area contributed by atoms with E-state index in [1.54, 1.807) is 0 Å². The lowest BCUT2D eigenvalue weighted by atomic mass is 9.70. The van der Waals surface area contributed by atoms with Gasteiger partial charge in [-0.3, -0.25) is 0 Å². The summed E-state index contributed by atoms with van der Waals surface area (Å²) in [4.78, 5) is 0. The summed E-state index contributed by atoms with van der Waals surface area (Å²) in [6.45, 7) is 10.6. The van der Waals surface area contributed by atoms with Gasteiger partial charge in [0.05, 0.1) is 5.71 Å². The Kier molecular flexibility index (Phi) is 4.33. The molecule has 17 heavy (non-hydrogen) atoms. The summed E-state index contributed by atoms with van der Waals surface area (Å²) in [7, 11) is 0. The van der Waals surface area contributed by atoms with Crippen molar-refractivity contribution in [2.75, 3.05) is 0 Å². The van der Waals surface area contributed by atoms with Crippen LogP contribution in [-0.4, -0.2) is 10.9 Å². The van der Waals surface area contributed by atoms with Crippen molar-refractivity contribution < 1.29 is 5.21 Å². The van der Waals surface area contributed by atoms with Crippen molar-refractivity contribution in [3.8, 4) is 0 Å². The molecule has 0 aliphatic rings. The molecule has 1 rings (SSSR count). The summed E-state index contributed by atoms with van der Waals surface area (Å²) in [5.74, 6) is 0.568. The summed E-state index contributed by atoms with van der Waals surface area (Å²) in [5, 5.41) is 12.7. The van der Waals surface area contributed by atoms with Crippen molar-refractivity contribution in [2.45, 2.75) is 40.5 Å². The van der Waals surface area contributed by atoms with Crippen LogP contribution in [0.25, 0.3) is 0 Å². The van der Waals surface area contributed by atoms with Gasteiger partial charge in [0.15, 0.2) is 0 Å². The molecular formula is C15H23NO. The Balaban J connectivity index is 3.06. The van der Waals surface area contributed by atoms with E-state index in [0.29, 0.717) is 5.92 Å². The summed E-state index contributed by atoms with van der Waals surface area (Å²) in [6, 6.07) is 10.4. The van der Waals surface area contributed by atoms with Crippen molar-refractivity contribution in [3.05, 3.63) is 35.9 Å².